The van der Waals surface area contributed by atoms with E-state index in [4.69, 9.17) is 21.9 Å². The minimum Gasteiger partial charge on any atom is -0.455 e. The van der Waals surface area contributed by atoms with Crippen LogP contribution in [0.4, 0.5) is 0 Å². The minimum atomic E-state index is -0.432. The molecule has 0 atom stereocenters. The van der Waals surface area contributed by atoms with Gasteiger partial charge in [-0.1, -0.05) is 11.6 Å². The molecule has 0 bridgehead atoms. The number of nitrogen functional groups attached to an aromatic ring is 1. The Morgan fingerprint density at radius 1 is 1.42 bits per heavy atom. The second kappa shape index (κ2) is 6.21. The summed E-state index contributed by atoms with van der Waals surface area (Å²) in [5.41, 5.74) is 2.03. The lowest BCUT2D eigenvalue weighted by molar-refractivity contribution is 0.0922. The third kappa shape index (κ3) is 3.81. The molecule has 0 saturated carbocycles. The van der Waals surface area contributed by atoms with Crippen LogP contribution < -0.4 is 11.3 Å². The topological polar surface area (TPSA) is 71.5 Å². The molecule has 0 saturated heterocycles. The summed E-state index contributed by atoms with van der Waals surface area (Å²) in [4.78, 5) is 14.5. The van der Waals surface area contributed by atoms with Crippen LogP contribution in [-0.2, 0) is 13.1 Å². The number of nitrogens with one attached hydrogen (secondary N) is 1. The molecule has 5 nitrogen and oxygen atoms in total. The van der Waals surface area contributed by atoms with Crippen molar-refractivity contribution in [3.05, 3.63) is 45.0 Å². The lowest BCUT2D eigenvalue weighted by atomic mass is 10.3. The van der Waals surface area contributed by atoms with E-state index in [1.807, 2.05) is 24.6 Å². The number of nitrogens with zero attached hydrogens (tertiary/aromatic N) is 1. The molecule has 0 aliphatic rings. The number of hydrogen-bond donors (Lipinski definition) is 2. The standard InChI is InChI=1S/C12H14ClN3O2S/c1-16(7-9-3-5-11(13)19-9)6-8-2-4-10(18-8)12(17)15-14/h2-5H,6-7,14H2,1H3,(H,15,17). The second-order valence-corrected chi connectivity index (χ2v) is 5.92. The molecule has 0 radical (unpaired) electrons. The van der Waals surface area contributed by atoms with Crippen LogP contribution in [0.5, 0.6) is 0 Å². The van der Waals surface area contributed by atoms with Crippen molar-refractivity contribution in [1.82, 2.24) is 10.3 Å². The number of nitrogens with two attached hydrogens (primary N) is 1. The van der Waals surface area contributed by atoms with Crippen molar-refractivity contribution in [3.8, 4) is 0 Å². The first-order valence-electron chi connectivity index (χ1n) is 5.61. The number of rotatable bonds is 5. The summed E-state index contributed by atoms with van der Waals surface area (Å²) in [5.74, 6) is 5.53. The quantitative estimate of drug-likeness (QED) is 0.504. The number of thiophene rings is 1. The minimum absolute atomic E-state index is 0.213. The Kier molecular flexibility index (Phi) is 4.60. The van der Waals surface area contributed by atoms with Crippen molar-refractivity contribution >= 4 is 28.8 Å². The summed E-state index contributed by atoms with van der Waals surface area (Å²) < 4.78 is 6.17. The van der Waals surface area contributed by atoms with Gasteiger partial charge < -0.3 is 4.42 Å². The average Bonchev–Trinajstić information content (AvgIpc) is 2.98. The summed E-state index contributed by atoms with van der Waals surface area (Å²) >= 11 is 7.44. The molecular weight excluding hydrogens is 286 g/mol. The summed E-state index contributed by atoms with van der Waals surface area (Å²) in [5, 5.41) is 0. The predicted molar refractivity (Wildman–Crippen MR) is 74.9 cm³/mol. The Morgan fingerprint density at radius 2 is 2.21 bits per heavy atom. The maximum atomic E-state index is 11.2. The van der Waals surface area contributed by atoms with Gasteiger partial charge in [-0.05, 0) is 31.3 Å². The highest BCUT2D eigenvalue weighted by Gasteiger charge is 2.11. The Labute approximate surface area is 119 Å². The Balaban J connectivity index is 1.93. The number of hydrazine groups is 1. The van der Waals surface area contributed by atoms with Gasteiger partial charge in [-0.3, -0.25) is 15.1 Å². The summed E-state index contributed by atoms with van der Waals surface area (Å²) in [6.45, 7) is 1.38. The van der Waals surface area contributed by atoms with E-state index in [1.165, 1.54) is 4.88 Å². The van der Waals surface area contributed by atoms with Crippen molar-refractivity contribution < 1.29 is 9.21 Å². The SMILES string of the molecule is CN(Cc1ccc(C(=O)NN)o1)Cc1ccc(Cl)s1. The van der Waals surface area contributed by atoms with Gasteiger partial charge in [0, 0.05) is 11.4 Å². The highest BCUT2D eigenvalue weighted by atomic mass is 35.5. The Hall–Kier alpha value is -1.34. The van der Waals surface area contributed by atoms with Crippen LogP contribution in [0.1, 0.15) is 21.2 Å². The fourth-order valence-corrected chi connectivity index (χ4v) is 2.85. The van der Waals surface area contributed by atoms with Crippen LogP contribution in [0.3, 0.4) is 0 Å². The molecule has 2 heterocycles. The third-order valence-electron chi connectivity index (χ3n) is 2.50. The summed E-state index contributed by atoms with van der Waals surface area (Å²) in [6.07, 6.45) is 0. The van der Waals surface area contributed by atoms with Crippen LogP contribution >= 0.6 is 22.9 Å². The molecule has 102 valence electrons. The van der Waals surface area contributed by atoms with Crippen LogP contribution in [0, 0.1) is 0 Å². The molecule has 0 fully saturated rings. The Morgan fingerprint density at radius 3 is 2.84 bits per heavy atom. The van der Waals surface area contributed by atoms with E-state index in [2.05, 4.69) is 4.90 Å². The molecule has 0 aliphatic heterocycles. The van der Waals surface area contributed by atoms with Gasteiger partial charge in [-0.2, -0.15) is 0 Å². The highest BCUT2D eigenvalue weighted by molar-refractivity contribution is 7.16. The number of hydrogen-bond acceptors (Lipinski definition) is 5. The van der Waals surface area contributed by atoms with Crippen molar-refractivity contribution in [1.29, 1.82) is 0 Å². The van der Waals surface area contributed by atoms with Gasteiger partial charge in [0.1, 0.15) is 5.76 Å². The maximum absolute atomic E-state index is 11.2. The predicted octanol–water partition coefficient (Wildman–Crippen LogP) is 2.23. The highest BCUT2D eigenvalue weighted by Crippen LogP contribution is 2.23. The average molecular weight is 300 g/mol. The fraction of sp³-hybridized carbons (Fsp3) is 0.250. The molecule has 0 spiro atoms. The van der Waals surface area contributed by atoms with Crippen LogP contribution in [0.2, 0.25) is 4.34 Å². The molecule has 1 amide bonds. The second-order valence-electron chi connectivity index (χ2n) is 4.12. The normalized spacial score (nSPS) is 10.9. The molecule has 0 aromatic carbocycles. The molecular formula is C12H14ClN3O2S. The van der Waals surface area contributed by atoms with E-state index in [0.29, 0.717) is 12.3 Å². The zero-order valence-corrected chi connectivity index (χ0v) is 11.9. The van der Waals surface area contributed by atoms with Crippen LogP contribution in [-0.4, -0.2) is 17.9 Å². The first kappa shape index (κ1) is 14.1. The monoisotopic (exact) mass is 299 g/mol. The summed E-state index contributed by atoms with van der Waals surface area (Å²) in [7, 11) is 1.97. The third-order valence-corrected chi connectivity index (χ3v) is 3.71. The van der Waals surface area contributed by atoms with Crippen molar-refractivity contribution in [2.45, 2.75) is 13.1 Å². The Bertz CT molecular complexity index is 567. The molecule has 2 rings (SSSR count). The van der Waals surface area contributed by atoms with E-state index >= 15 is 0 Å². The van der Waals surface area contributed by atoms with E-state index in [0.717, 1.165) is 10.9 Å². The van der Waals surface area contributed by atoms with E-state index in [1.54, 1.807) is 23.5 Å². The van der Waals surface area contributed by atoms with Gasteiger partial charge in [-0.15, -0.1) is 11.3 Å². The van der Waals surface area contributed by atoms with Gasteiger partial charge in [0.05, 0.1) is 10.9 Å². The van der Waals surface area contributed by atoms with Gasteiger partial charge in [0.2, 0.25) is 0 Å². The van der Waals surface area contributed by atoms with Gasteiger partial charge in [-0.25, -0.2) is 5.84 Å². The number of carbonyl (C=O) groups excluding carboxylic acids is 1. The van der Waals surface area contributed by atoms with Crippen molar-refractivity contribution in [2.75, 3.05) is 7.05 Å². The molecule has 0 unspecified atom stereocenters. The number of amides is 1. The van der Waals surface area contributed by atoms with Crippen molar-refractivity contribution in [2.24, 2.45) is 5.84 Å². The van der Waals surface area contributed by atoms with E-state index in [-0.39, 0.29) is 5.76 Å². The molecule has 0 aliphatic carbocycles. The van der Waals surface area contributed by atoms with Gasteiger partial charge in [0.25, 0.3) is 0 Å². The van der Waals surface area contributed by atoms with E-state index < -0.39 is 5.91 Å². The van der Waals surface area contributed by atoms with Crippen LogP contribution in [0.25, 0.3) is 0 Å². The number of halogens is 1. The van der Waals surface area contributed by atoms with Gasteiger partial charge in [0.15, 0.2) is 5.76 Å². The molecule has 19 heavy (non-hydrogen) atoms. The van der Waals surface area contributed by atoms with Crippen molar-refractivity contribution in [3.63, 3.8) is 0 Å². The molecule has 2 aromatic heterocycles. The first-order valence-corrected chi connectivity index (χ1v) is 6.80. The number of furan rings is 1. The maximum Gasteiger partial charge on any atom is 0.300 e. The first-order chi connectivity index (χ1) is 9.08. The smallest absolute Gasteiger partial charge is 0.300 e. The molecule has 2 aromatic rings. The zero-order chi connectivity index (χ0) is 13.8. The largest absolute Gasteiger partial charge is 0.455 e. The molecule has 7 heteroatoms. The zero-order valence-electron chi connectivity index (χ0n) is 10.4. The lowest BCUT2D eigenvalue weighted by Gasteiger charge is -2.13. The van der Waals surface area contributed by atoms with Crippen LogP contribution in [0.15, 0.2) is 28.7 Å². The van der Waals surface area contributed by atoms with Gasteiger partial charge >= 0.3 is 5.91 Å². The molecule has 3 N–H and O–H groups in total. The van der Waals surface area contributed by atoms with E-state index in [9.17, 15) is 4.79 Å². The fourth-order valence-electron chi connectivity index (χ4n) is 1.68. The lowest BCUT2D eigenvalue weighted by Crippen LogP contribution is -2.29. The summed E-state index contributed by atoms with van der Waals surface area (Å²) in [6, 6.07) is 7.25. The number of carbonyl (C=O) groups is 1.